The van der Waals surface area contributed by atoms with Gasteiger partial charge in [0.25, 0.3) is 0 Å². The van der Waals surface area contributed by atoms with Crippen molar-refractivity contribution in [3.63, 3.8) is 0 Å². The average Bonchev–Trinajstić information content (AvgIpc) is 2.93. The quantitative estimate of drug-likeness (QED) is 0.672. The maximum Gasteiger partial charge on any atom is 0.191 e. The Balaban J connectivity index is 1.71. The molecule has 0 aromatic carbocycles. The summed E-state index contributed by atoms with van der Waals surface area (Å²) in [4.78, 5) is 0. The third-order valence-corrected chi connectivity index (χ3v) is 5.61. The maximum atomic E-state index is 10.2. The molecular weight excluding hydrogens is 304 g/mol. The molecule has 2 heterocycles. The summed E-state index contributed by atoms with van der Waals surface area (Å²) in [7, 11) is 0. The average molecular weight is 341 g/mol. The van der Waals surface area contributed by atoms with E-state index in [-0.39, 0.29) is 11.7 Å². The molecule has 4 nitrogen and oxygen atoms in total. The number of hydrogen-bond acceptors (Lipinski definition) is 4. The number of hydrogen-bond donors (Lipinski definition) is 1. The van der Waals surface area contributed by atoms with Gasteiger partial charge >= 0.3 is 0 Å². The van der Waals surface area contributed by atoms with Gasteiger partial charge in [-0.15, -0.1) is 6.58 Å². The van der Waals surface area contributed by atoms with Crippen LogP contribution in [0.5, 0.6) is 0 Å². The van der Waals surface area contributed by atoms with Crippen molar-refractivity contribution in [3.8, 4) is 0 Å². The molecule has 0 aromatic heterocycles. The van der Waals surface area contributed by atoms with E-state index in [0.29, 0.717) is 25.7 Å². The van der Waals surface area contributed by atoms with Crippen LogP contribution in [-0.4, -0.2) is 42.4 Å². The Kier molecular flexibility index (Phi) is 7.29. The van der Waals surface area contributed by atoms with Gasteiger partial charge in [-0.1, -0.05) is 18.9 Å². The second-order valence-electron chi connectivity index (χ2n) is 8.13. The first kappa shape index (κ1) is 19.9. The van der Waals surface area contributed by atoms with Gasteiger partial charge in [0.15, 0.2) is 5.79 Å². The van der Waals surface area contributed by atoms with Crippen LogP contribution >= 0.6 is 0 Å². The van der Waals surface area contributed by atoms with Crippen molar-refractivity contribution in [2.24, 2.45) is 5.92 Å². The summed E-state index contributed by atoms with van der Waals surface area (Å²) < 4.78 is 17.8. The molecule has 0 amide bonds. The fraction of sp³-hybridized carbons (Fsp3) is 0.900. The fourth-order valence-electron chi connectivity index (χ4n) is 3.75. The van der Waals surface area contributed by atoms with Crippen molar-refractivity contribution < 1.29 is 19.3 Å². The molecule has 0 radical (unpaired) electrons. The summed E-state index contributed by atoms with van der Waals surface area (Å²) in [6.45, 7) is 12.2. The van der Waals surface area contributed by atoms with Crippen molar-refractivity contribution >= 4 is 0 Å². The molecule has 2 aliphatic heterocycles. The third-order valence-electron chi connectivity index (χ3n) is 5.61. The molecule has 2 fully saturated rings. The van der Waals surface area contributed by atoms with Gasteiger partial charge in [-0.25, -0.2) is 0 Å². The van der Waals surface area contributed by atoms with E-state index in [2.05, 4.69) is 20.4 Å². The Bertz CT molecular complexity index is 402. The van der Waals surface area contributed by atoms with Crippen LogP contribution in [0, 0.1) is 5.92 Å². The van der Waals surface area contributed by atoms with Crippen molar-refractivity contribution in [2.45, 2.75) is 89.6 Å². The lowest BCUT2D eigenvalue weighted by molar-refractivity contribution is -0.208. The van der Waals surface area contributed by atoms with Crippen LogP contribution in [0.1, 0.15) is 72.1 Å². The van der Waals surface area contributed by atoms with Crippen LogP contribution in [-0.2, 0) is 14.2 Å². The molecule has 2 rings (SSSR count). The SMILES string of the molecule is C=C(C)CCC(O)C(C)CCCC1(C)CCCC2(CO1)OCCO2. The third kappa shape index (κ3) is 5.83. The molecule has 0 bridgehead atoms. The summed E-state index contributed by atoms with van der Waals surface area (Å²) >= 11 is 0. The number of aliphatic hydroxyl groups excluding tert-OH is 1. The van der Waals surface area contributed by atoms with Crippen molar-refractivity contribution in [1.29, 1.82) is 0 Å². The van der Waals surface area contributed by atoms with E-state index in [1.807, 2.05) is 6.92 Å². The summed E-state index contributed by atoms with van der Waals surface area (Å²) in [5.74, 6) is -0.157. The predicted molar refractivity (Wildman–Crippen MR) is 95.9 cm³/mol. The normalized spacial score (nSPS) is 29.3. The zero-order chi connectivity index (χ0) is 17.6. The first-order valence-corrected chi connectivity index (χ1v) is 9.59. The first-order valence-electron chi connectivity index (χ1n) is 9.59. The number of aliphatic hydroxyl groups is 1. The Hall–Kier alpha value is -0.420. The molecule has 0 saturated carbocycles. The summed E-state index contributed by atoms with van der Waals surface area (Å²) in [5.41, 5.74) is 1.05. The minimum absolute atomic E-state index is 0.0960. The molecule has 3 unspecified atom stereocenters. The van der Waals surface area contributed by atoms with Gasteiger partial charge in [0.2, 0.25) is 0 Å². The molecule has 3 atom stereocenters. The zero-order valence-electron chi connectivity index (χ0n) is 15.8. The molecule has 140 valence electrons. The molecule has 1 N–H and O–H groups in total. The predicted octanol–water partition coefficient (Wildman–Crippen LogP) is 4.21. The summed E-state index contributed by atoms with van der Waals surface area (Å²) in [5, 5.41) is 10.2. The molecule has 0 aromatic rings. The number of rotatable bonds is 8. The highest BCUT2D eigenvalue weighted by atomic mass is 16.8. The minimum atomic E-state index is -0.482. The summed E-state index contributed by atoms with van der Waals surface area (Å²) in [6.07, 6.45) is 7.70. The highest BCUT2D eigenvalue weighted by molar-refractivity contribution is 4.89. The molecule has 1 spiro atoms. The van der Waals surface area contributed by atoms with E-state index in [0.717, 1.165) is 56.9 Å². The van der Waals surface area contributed by atoms with Crippen LogP contribution in [0.3, 0.4) is 0 Å². The Morgan fingerprint density at radius 3 is 2.54 bits per heavy atom. The molecule has 2 aliphatic rings. The maximum absolute atomic E-state index is 10.2. The first-order chi connectivity index (χ1) is 11.3. The number of ether oxygens (including phenoxy) is 3. The van der Waals surface area contributed by atoms with Crippen LogP contribution in [0.15, 0.2) is 12.2 Å². The standard InChI is InChI=1S/C20H36O4/c1-16(2)8-9-18(21)17(3)7-5-10-19(4)11-6-12-20(15-24-19)22-13-14-23-20/h17-18,21H,1,5-15H2,2-4H3. The largest absolute Gasteiger partial charge is 0.393 e. The van der Waals surface area contributed by atoms with Crippen LogP contribution in [0.2, 0.25) is 0 Å². The lowest BCUT2D eigenvalue weighted by Gasteiger charge is -2.31. The zero-order valence-corrected chi connectivity index (χ0v) is 15.8. The van der Waals surface area contributed by atoms with Gasteiger partial charge in [0, 0.05) is 6.42 Å². The van der Waals surface area contributed by atoms with Gasteiger partial charge in [-0.05, 0) is 58.3 Å². The minimum Gasteiger partial charge on any atom is -0.393 e. The van der Waals surface area contributed by atoms with Crippen molar-refractivity contribution in [1.82, 2.24) is 0 Å². The van der Waals surface area contributed by atoms with E-state index in [1.54, 1.807) is 0 Å². The van der Waals surface area contributed by atoms with E-state index in [4.69, 9.17) is 14.2 Å². The van der Waals surface area contributed by atoms with Gasteiger partial charge in [0.05, 0.1) is 24.9 Å². The van der Waals surface area contributed by atoms with E-state index in [9.17, 15) is 5.11 Å². The van der Waals surface area contributed by atoms with Crippen molar-refractivity contribution in [2.75, 3.05) is 19.8 Å². The lowest BCUT2D eigenvalue weighted by Crippen LogP contribution is -2.37. The highest BCUT2D eigenvalue weighted by Crippen LogP contribution is 2.36. The van der Waals surface area contributed by atoms with Gasteiger partial charge < -0.3 is 19.3 Å². The van der Waals surface area contributed by atoms with Crippen LogP contribution < -0.4 is 0 Å². The van der Waals surface area contributed by atoms with Crippen LogP contribution in [0.25, 0.3) is 0 Å². The Labute approximate surface area is 147 Å². The van der Waals surface area contributed by atoms with Gasteiger partial charge in [0.1, 0.15) is 6.61 Å². The lowest BCUT2D eigenvalue weighted by atomic mass is 9.88. The molecule has 4 heteroatoms. The van der Waals surface area contributed by atoms with Crippen molar-refractivity contribution in [3.05, 3.63) is 12.2 Å². The van der Waals surface area contributed by atoms with Gasteiger partial charge in [-0.2, -0.15) is 0 Å². The Morgan fingerprint density at radius 2 is 1.88 bits per heavy atom. The van der Waals surface area contributed by atoms with E-state index < -0.39 is 5.79 Å². The second kappa shape index (κ2) is 8.79. The molecule has 2 saturated heterocycles. The van der Waals surface area contributed by atoms with E-state index >= 15 is 0 Å². The highest BCUT2D eigenvalue weighted by Gasteiger charge is 2.42. The molecular formula is C20H36O4. The molecule has 0 aliphatic carbocycles. The topological polar surface area (TPSA) is 47.9 Å². The summed E-state index contributed by atoms with van der Waals surface area (Å²) in [6, 6.07) is 0. The van der Waals surface area contributed by atoms with Gasteiger partial charge in [-0.3, -0.25) is 0 Å². The molecule has 24 heavy (non-hydrogen) atoms. The number of allylic oxidation sites excluding steroid dienone is 1. The van der Waals surface area contributed by atoms with E-state index in [1.165, 1.54) is 0 Å². The second-order valence-corrected chi connectivity index (χ2v) is 8.13. The fourth-order valence-corrected chi connectivity index (χ4v) is 3.75. The monoisotopic (exact) mass is 340 g/mol. The van der Waals surface area contributed by atoms with Crippen LogP contribution in [0.4, 0.5) is 0 Å². The smallest absolute Gasteiger partial charge is 0.191 e. The Morgan fingerprint density at radius 1 is 1.17 bits per heavy atom.